The summed E-state index contributed by atoms with van der Waals surface area (Å²) in [7, 11) is 0. The van der Waals surface area contributed by atoms with Crippen LogP contribution in [0.25, 0.3) is 0 Å². The van der Waals surface area contributed by atoms with Crippen molar-refractivity contribution in [3.05, 3.63) is 0 Å². The predicted molar refractivity (Wildman–Crippen MR) is 47.2 cm³/mol. The Kier molecular flexibility index (Phi) is 2.35. The number of Topliss-reactive ketones (excluding diaryl/α,β-unsaturated/α-hetero) is 1. The monoisotopic (exact) mass is 188 g/mol. The van der Waals surface area contributed by atoms with Gasteiger partial charge in [0.1, 0.15) is 5.78 Å². The van der Waals surface area contributed by atoms with E-state index in [9.17, 15) is 4.79 Å². The van der Waals surface area contributed by atoms with Gasteiger partial charge >= 0.3 is 0 Å². The summed E-state index contributed by atoms with van der Waals surface area (Å²) in [6.07, 6.45) is 1.54. The second-order valence-electron chi connectivity index (χ2n) is 3.49. The molecule has 2 aliphatic heterocycles. The van der Waals surface area contributed by atoms with E-state index in [1.165, 1.54) is 0 Å². The molecule has 2 N–H and O–H groups in total. The lowest BCUT2D eigenvalue weighted by atomic mass is 9.85. The van der Waals surface area contributed by atoms with Gasteiger partial charge in [0, 0.05) is 31.5 Å². The molecule has 0 radical (unpaired) electrons. The number of carbonyl (C=O) groups is 1. The topological polar surface area (TPSA) is 41.1 Å². The molecule has 0 aliphatic carbocycles. The van der Waals surface area contributed by atoms with E-state index in [-0.39, 0.29) is 11.4 Å². The van der Waals surface area contributed by atoms with E-state index in [2.05, 4.69) is 10.6 Å². The van der Waals surface area contributed by atoms with Crippen LogP contribution in [0.3, 0.4) is 0 Å². The van der Waals surface area contributed by atoms with E-state index >= 15 is 0 Å². The Morgan fingerprint density at radius 2 is 2.25 bits per heavy atom. The van der Waals surface area contributed by atoms with Crippen molar-refractivity contribution >= 4 is 17.4 Å². The average Bonchev–Trinajstić information content (AvgIpc) is 2.04. The van der Waals surface area contributed by atoms with Crippen molar-refractivity contribution in [3.8, 4) is 0 Å². The van der Waals surface area contributed by atoms with Gasteiger partial charge in [0.05, 0.1) is 5.50 Å². The maximum Gasteiger partial charge on any atom is 0.140 e. The van der Waals surface area contributed by atoms with Crippen LogP contribution in [-0.4, -0.2) is 30.4 Å². The van der Waals surface area contributed by atoms with Gasteiger partial charge in [-0.05, 0) is 6.42 Å². The molecule has 2 aliphatic rings. The Balaban J connectivity index is 2.04. The van der Waals surface area contributed by atoms with Crippen LogP contribution in [0.15, 0.2) is 0 Å². The first-order chi connectivity index (χ1) is 5.77. The lowest BCUT2D eigenvalue weighted by Gasteiger charge is -2.37. The Hall–Kier alpha value is -0.120. The summed E-state index contributed by atoms with van der Waals surface area (Å²) in [4.78, 5) is 11.4. The summed E-state index contributed by atoms with van der Waals surface area (Å²) < 4.78 is 0. The van der Waals surface area contributed by atoms with E-state index in [4.69, 9.17) is 11.6 Å². The van der Waals surface area contributed by atoms with Gasteiger partial charge in [-0.15, -0.1) is 11.6 Å². The molecule has 0 aromatic rings. The molecule has 0 saturated carbocycles. The van der Waals surface area contributed by atoms with Gasteiger partial charge in [-0.3, -0.25) is 4.79 Å². The van der Waals surface area contributed by atoms with Crippen molar-refractivity contribution < 1.29 is 4.79 Å². The highest BCUT2D eigenvalue weighted by atomic mass is 35.5. The van der Waals surface area contributed by atoms with E-state index < -0.39 is 0 Å². The fourth-order valence-corrected chi connectivity index (χ4v) is 2.28. The molecule has 3 nitrogen and oxygen atoms in total. The van der Waals surface area contributed by atoms with Crippen molar-refractivity contribution in [3.63, 3.8) is 0 Å². The van der Waals surface area contributed by atoms with Gasteiger partial charge in [-0.25, -0.2) is 0 Å². The maximum absolute atomic E-state index is 11.4. The average molecular weight is 189 g/mol. The molecule has 0 aromatic heterocycles. The van der Waals surface area contributed by atoms with Crippen molar-refractivity contribution in [2.45, 2.75) is 24.4 Å². The van der Waals surface area contributed by atoms with Crippen molar-refractivity contribution in [1.29, 1.82) is 0 Å². The first-order valence-electron chi connectivity index (χ1n) is 4.41. The third-order valence-electron chi connectivity index (χ3n) is 2.70. The van der Waals surface area contributed by atoms with E-state index in [0.717, 1.165) is 19.5 Å². The number of hydrogen-bond acceptors (Lipinski definition) is 3. The quantitative estimate of drug-likeness (QED) is 0.418. The van der Waals surface area contributed by atoms with Gasteiger partial charge in [0.2, 0.25) is 0 Å². The molecule has 3 unspecified atom stereocenters. The van der Waals surface area contributed by atoms with E-state index in [1.54, 1.807) is 0 Å². The molecule has 3 atom stereocenters. The molecule has 2 rings (SSSR count). The number of fused-ring (bicyclic) bond motifs is 1. The first kappa shape index (κ1) is 8.48. The summed E-state index contributed by atoms with van der Waals surface area (Å²) in [6, 6.07) is 0.315. The van der Waals surface area contributed by atoms with Gasteiger partial charge in [0.15, 0.2) is 0 Å². The zero-order valence-electron chi connectivity index (χ0n) is 6.85. The first-order valence-corrected chi connectivity index (χ1v) is 4.84. The summed E-state index contributed by atoms with van der Waals surface area (Å²) in [6.45, 7) is 1.56. The fourth-order valence-electron chi connectivity index (χ4n) is 2.00. The minimum atomic E-state index is 0.0321. The van der Waals surface area contributed by atoms with Crippen molar-refractivity contribution in [2.75, 3.05) is 13.1 Å². The smallest absolute Gasteiger partial charge is 0.140 e. The van der Waals surface area contributed by atoms with Crippen LogP contribution in [0.4, 0.5) is 0 Å². The summed E-state index contributed by atoms with van der Waals surface area (Å²) in [5.41, 5.74) is 0.0321. The molecule has 0 spiro atoms. The number of piperidine rings is 2. The van der Waals surface area contributed by atoms with Crippen molar-refractivity contribution in [1.82, 2.24) is 10.6 Å². The number of alkyl halides is 1. The lowest BCUT2D eigenvalue weighted by Crippen LogP contribution is -2.56. The SMILES string of the molecule is O=C1CCNC2CC(Cl)NCC12. The van der Waals surface area contributed by atoms with Gasteiger partial charge in [0.25, 0.3) is 0 Å². The molecule has 2 heterocycles. The Morgan fingerprint density at radius 1 is 1.42 bits per heavy atom. The molecular formula is C8H13ClN2O. The third-order valence-corrected chi connectivity index (χ3v) is 3.03. The molecule has 2 saturated heterocycles. The van der Waals surface area contributed by atoms with Crippen LogP contribution < -0.4 is 10.6 Å². The zero-order valence-corrected chi connectivity index (χ0v) is 7.60. The second kappa shape index (κ2) is 3.32. The molecule has 12 heavy (non-hydrogen) atoms. The number of halogens is 1. The standard InChI is InChI=1S/C8H13ClN2O/c9-8-3-6-5(4-11-8)7(12)1-2-10-6/h5-6,8,10-11H,1-4H2. The lowest BCUT2D eigenvalue weighted by molar-refractivity contribution is -0.125. The fraction of sp³-hybridized carbons (Fsp3) is 0.875. The van der Waals surface area contributed by atoms with Gasteiger partial charge in [-0.2, -0.15) is 0 Å². The van der Waals surface area contributed by atoms with Crippen molar-refractivity contribution in [2.24, 2.45) is 5.92 Å². The number of ketones is 1. The molecule has 0 bridgehead atoms. The van der Waals surface area contributed by atoms with Crippen LogP contribution in [0, 0.1) is 5.92 Å². The summed E-state index contributed by atoms with van der Waals surface area (Å²) in [5.74, 6) is 0.545. The largest absolute Gasteiger partial charge is 0.313 e. The maximum atomic E-state index is 11.4. The molecular weight excluding hydrogens is 176 g/mol. The van der Waals surface area contributed by atoms with E-state index in [1.807, 2.05) is 0 Å². The number of hydrogen-bond donors (Lipinski definition) is 2. The van der Waals surface area contributed by atoms with Gasteiger partial charge in [-0.1, -0.05) is 0 Å². The second-order valence-corrected chi connectivity index (χ2v) is 4.02. The highest BCUT2D eigenvalue weighted by Crippen LogP contribution is 2.21. The van der Waals surface area contributed by atoms with Crippen LogP contribution >= 0.6 is 11.6 Å². The van der Waals surface area contributed by atoms with Crippen LogP contribution in [0.5, 0.6) is 0 Å². The number of rotatable bonds is 0. The molecule has 0 aromatic carbocycles. The number of carbonyl (C=O) groups excluding carboxylic acids is 1. The normalized spacial score (nSPS) is 42.4. The van der Waals surface area contributed by atoms with Crippen LogP contribution in [0.1, 0.15) is 12.8 Å². The highest BCUT2D eigenvalue weighted by Gasteiger charge is 2.35. The highest BCUT2D eigenvalue weighted by molar-refractivity contribution is 6.20. The Labute approximate surface area is 76.8 Å². The summed E-state index contributed by atoms with van der Waals surface area (Å²) in [5, 5.41) is 6.45. The Bertz CT molecular complexity index is 197. The minimum Gasteiger partial charge on any atom is -0.313 e. The van der Waals surface area contributed by atoms with Crippen LogP contribution in [0.2, 0.25) is 0 Å². The Morgan fingerprint density at radius 3 is 3.08 bits per heavy atom. The van der Waals surface area contributed by atoms with Gasteiger partial charge < -0.3 is 10.6 Å². The molecule has 4 heteroatoms. The number of nitrogens with one attached hydrogen (secondary N) is 2. The van der Waals surface area contributed by atoms with Crippen LogP contribution in [-0.2, 0) is 4.79 Å². The molecule has 0 amide bonds. The molecule has 2 fully saturated rings. The summed E-state index contributed by atoms with van der Waals surface area (Å²) >= 11 is 5.92. The molecule has 68 valence electrons. The van der Waals surface area contributed by atoms with E-state index in [0.29, 0.717) is 18.2 Å². The minimum absolute atomic E-state index is 0.0321. The zero-order chi connectivity index (χ0) is 8.55. The third kappa shape index (κ3) is 1.49. The predicted octanol–water partition coefficient (Wildman–Crippen LogP) is 0.0918.